The zero-order valence-corrected chi connectivity index (χ0v) is 30.9. The summed E-state index contributed by atoms with van der Waals surface area (Å²) >= 11 is 0. The van der Waals surface area contributed by atoms with E-state index in [1.807, 2.05) is 23.2 Å². The van der Waals surface area contributed by atoms with Gasteiger partial charge in [0.15, 0.2) is 17.3 Å². The maximum Gasteiger partial charge on any atom is 0.291 e. The van der Waals surface area contributed by atoms with Crippen LogP contribution in [0.4, 0.5) is 22.9 Å². The number of fused-ring (bicyclic) bond motifs is 2. The van der Waals surface area contributed by atoms with E-state index in [-0.39, 0.29) is 48.4 Å². The number of nitrogens with one attached hydrogen (secondary N) is 4. The van der Waals surface area contributed by atoms with E-state index < -0.39 is 5.91 Å². The average Bonchev–Trinajstić information content (AvgIpc) is 3.73. The molecule has 5 heterocycles. The van der Waals surface area contributed by atoms with Crippen LogP contribution in [0, 0.1) is 0 Å². The van der Waals surface area contributed by atoms with Crippen molar-refractivity contribution < 1.29 is 28.7 Å². The Morgan fingerprint density at radius 2 is 1.64 bits per heavy atom. The summed E-state index contributed by atoms with van der Waals surface area (Å²) in [4.78, 5) is 62.3. The summed E-state index contributed by atoms with van der Waals surface area (Å²) in [6, 6.07) is 16.2. The van der Waals surface area contributed by atoms with Gasteiger partial charge in [0.1, 0.15) is 5.69 Å². The number of imidazole rings is 1. The lowest BCUT2D eigenvalue weighted by Crippen LogP contribution is -2.45. The average molecular weight is 746 g/mol. The molecule has 2 aromatic carbocycles. The van der Waals surface area contributed by atoms with Crippen molar-refractivity contribution in [3.05, 3.63) is 96.5 Å². The number of nitrogens with zero attached hydrogens (tertiary/aromatic N) is 5. The molecule has 4 amide bonds. The monoisotopic (exact) mass is 745 g/mol. The number of carbonyl (C=O) groups excluding carboxylic acids is 4. The minimum absolute atomic E-state index is 0.000259. The molecule has 3 aromatic heterocycles. The fraction of sp³-hybridized carbons (Fsp3) is 0.300. The number of piperidine rings is 1. The summed E-state index contributed by atoms with van der Waals surface area (Å²) in [5, 5.41) is 11.9. The normalized spacial score (nSPS) is 14.9. The summed E-state index contributed by atoms with van der Waals surface area (Å²) in [6.07, 6.45) is 10.3. The van der Waals surface area contributed by atoms with Gasteiger partial charge in [-0.3, -0.25) is 24.2 Å². The van der Waals surface area contributed by atoms with Crippen molar-refractivity contribution in [2.75, 3.05) is 48.1 Å². The van der Waals surface area contributed by atoms with E-state index in [2.05, 4.69) is 31.2 Å². The van der Waals surface area contributed by atoms with Crippen LogP contribution in [0.15, 0.2) is 79.4 Å². The SMILES string of the molecule is COc1cc2c(cc1OCCCC(=O)Nc1cn(C)c(C(=O)Nc3ccc(-c4cc(C(=O)Nc5ccncc5)n(C)c4)cc3)n1)NC[C@@H]1CCCCN1C2=O. The van der Waals surface area contributed by atoms with Gasteiger partial charge in [-0.1, -0.05) is 12.1 Å². The number of anilines is 4. The number of amides is 4. The van der Waals surface area contributed by atoms with Gasteiger partial charge in [-0.2, -0.15) is 0 Å². The Morgan fingerprint density at radius 1 is 0.873 bits per heavy atom. The van der Waals surface area contributed by atoms with Crippen LogP contribution in [-0.2, 0) is 18.9 Å². The van der Waals surface area contributed by atoms with Crippen LogP contribution in [-0.4, -0.2) is 80.5 Å². The van der Waals surface area contributed by atoms with E-state index in [1.54, 1.807) is 84.3 Å². The molecular formula is C40H43N9O6. The van der Waals surface area contributed by atoms with E-state index in [9.17, 15) is 19.2 Å². The number of carbonyl (C=O) groups is 4. The summed E-state index contributed by atoms with van der Waals surface area (Å²) in [5.41, 5.74) is 4.69. The molecule has 55 heavy (non-hydrogen) atoms. The second-order valence-corrected chi connectivity index (χ2v) is 13.6. The first kappa shape index (κ1) is 36.7. The highest BCUT2D eigenvalue weighted by atomic mass is 16.5. The van der Waals surface area contributed by atoms with Crippen LogP contribution >= 0.6 is 0 Å². The van der Waals surface area contributed by atoms with Gasteiger partial charge in [-0.05, 0) is 67.6 Å². The lowest BCUT2D eigenvalue weighted by atomic mass is 10.0. The maximum atomic E-state index is 13.3. The van der Waals surface area contributed by atoms with Gasteiger partial charge in [0.2, 0.25) is 11.7 Å². The smallest absolute Gasteiger partial charge is 0.291 e. The first-order chi connectivity index (χ1) is 26.7. The van der Waals surface area contributed by atoms with Gasteiger partial charge >= 0.3 is 0 Å². The molecular weight excluding hydrogens is 702 g/mol. The number of methoxy groups -OCH3 is 1. The van der Waals surface area contributed by atoms with Gasteiger partial charge < -0.3 is 44.8 Å². The molecule has 7 rings (SSSR count). The topological polar surface area (TPSA) is 174 Å². The quantitative estimate of drug-likeness (QED) is 0.119. The highest BCUT2D eigenvalue weighted by molar-refractivity contribution is 6.05. The molecule has 0 radical (unpaired) electrons. The predicted molar refractivity (Wildman–Crippen MR) is 208 cm³/mol. The molecule has 4 N–H and O–H groups in total. The van der Waals surface area contributed by atoms with Crippen LogP contribution in [0.3, 0.4) is 0 Å². The first-order valence-electron chi connectivity index (χ1n) is 18.2. The lowest BCUT2D eigenvalue weighted by molar-refractivity contribution is -0.116. The van der Waals surface area contributed by atoms with Crippen LogP contribution in [0.1, 0.15) is 63.6 Å². The molecule has 2 aliphatic rings. The van der Waals surface area contributed by atoms with E-state index in [0.29, 0.717) is 52.8 Å². The number of benzene rings is 2. The molecule has 2 aliphatic heterocycles. The van der Waals surface area contributed by atoms with Crippen molar-refractivity contribution in [2.24, 2.45) is 14.1 Å². The Hall–Kier alpha value is -6.64. The third-order valence-corrected chi connectivity index (χ3v) is 9.75. The van der Waals surface area contributed by atoms with Crippen molar-refractivity contribution >= 4 is 46.5 Å². The molecule has 0 saturated carbocycles. The van der Waals surface area contributed by atoms with Crippen molar-refractivity contribution in [1.82, 2.24) is 24.0 Å². The molecule has 1 atom stereocenters. The second kappa shape index (κ2) is 16.2. The van der Waals surface area contributed by atoms with Crippen LogP contribution in [0.2, 0.25) is 0 Å². The van der Waals surface area contributed by atoms with Gasteiger partial charge in [0.05, 0.1) is 25.0 Å². The minimum Gasteiger partial charge on any atom is -0.493 e. The zero-order valence-electron chi connectivity index (χ0n) is 30.9. The van der Waals surface area contributed by atoms with E-state index in [4.69, 9.17) is 9.47 Å². The van der Waals surface area contributed by atoms with Gasteiger partial charge in [0, 0.05) is 87.4 Å². The molecule has 15 heteroatoms. The Labute approximate surface area is 318 Å². The van der Waals surface area contributed by atoms with E-state index >= 15 is 0 Å². The van der Waals surface area contributed by atoms with Gasteiger partial charge in [-0.15, -0.1) is 0 Å². The fourth-order valence-electron chi connectivity index (χ4n) is 6.89. The van der Waals surface area contributed by atoms with E-state index in [0.717, 1.165) is 36.9 Å². The number of aromatic nitrogens is 4. The van der Waals surface area contributed by atoms with Crippen LogP contribution in [0.25, 0.3) is 11.1 Å². The largest absolute Gasteiger partial charge is 0.493 e. The number of rotatable bonds is 12. The Balaban J connectivity index is 0.895. The second-order valence-electron chi connectivity index (χ2n) is 13.6. The van der Waals surface area contributed by atoms with Crippen molar-refractivity contribution in [2.45, 2.75) is 38.1 Å². The van der Waals surface area contributed by atoms with Crippen LogP contribution < -0.4 is 30.7 Å². The highest BCUT2D eigenvalue weighted by Crippen LogP contribution is 2.37. The Morgan fingerprint density at radius 3 is 2.42 bits per heavy atom. The van der Waals surface area contributed by atoms with E-state index in [1.165, 1.54) is 7.11 Å². The molecule has 0 unspecified atom stereocenters. The van der Waals surface area contributed by atoms with Gasteiger partial charge in [0.25, 0.3) is 17.7 Å². The molecule has 1 fully saturated rings. The summed E-state index contributed by atoms with van der Waals surface area (Å²) in [5.74, 6) is 0.359. The molecule has 0 spiro atoms. The molecule has 1 saturated heterocycles. The molecule has 284 valence electrons. The summed E-state index contributed by atoms with van der Waals surface area (Å²) < 4.78 is 14.9. The molecule has 0 aliphatic carbocycles. The first-order valence-corrected chi connectivity index (χ1v) is 18.2. The zero-order chi connectivity index (χ0) is 38.5. The number of pyridine rings is 1. The summed E-state index contributed by atoms with van der Waals surface area (Å²) in [6.45, 7) is 1.68. The maximum absolute atomic E-state index is 13.3. The Bertz CT molecular complexity index is 2210. The van der Waals surface area contributed by atoms with Crippen molar-refractivity contribution in [3.8, 4) is 22.6 Å². The van der Waals surface area contributed by atoms with Crippen molar-refractivity contribution in [3.63, 3.8) is 0 Å². The predicted octanol–water partition coefficient (Wildman–Crippen LogP) is 5.55. The van der Waals surface area contributed by atoms with Crippen molar-refractivity contribution in [1.29, 1.82) is 0 Å². The fourth-order valence-corrected chi connectivity index (χ4v) is 6.89. The Kier molecular flexibility index (Phi) is 10.8. The standard InChI is InChI=1S/C40H43N9O6/c1-47-23-26(19-32(47)38(51)43-28-13-15-41-16-14-28)25-9-11-27(12-10-25)44-39(52)37-46-35(24-48(37)2)45-36(50)8-6-18-55-34-21-31-30(20-33(34)54-3)40(53)49-17-5-4-7-29(49)22-42-31/h9-16,19-21,23-24,29,42H,4-8,17-18,22H2,1-3H3,(H,44,52)(H,45,50)(H,41,43,51)/t29-/m0/s1. The lowest BCUT2D eigenvalue weighted by Gasteiger charge is -2.34. The molecule has 0 bridgehead atoms. The number of aryl methyl sites for hydroxylation is 2. The molecule has 5 aromatic rings. The third kappa shape index (κ3) is 8.30. The number of ether oxygens (including phenoxy) is 2. The summed E-state index contributed by atoms with van der Waals surface area (Å²) in [7, 11) is 5.02. The number of hydrogen-bond donors (Lipinski definition) is 4. The molecule has 15 nitrogen and oxygen atoms in total. The van der Waals surface area contributed by atoms with Gasteiger partial charge in [-0.25, -0.2) is 4.98 Å². The highest BCUT2D eigenvalue weighted by Gasteiger charge is 2.32. The van der Waals surface area contributed by atoms with Crippen LogP contribution in [0.5, 0.6) is 11.5 Å². The third-order valence-electron chi connectivity index (χ3n) is 9.75. The minimum atomic E-state index is -0.444. The number of hydrogen-bond acceptors (Lipinski definition) is 9.